The Bertz CT molecular complexity index is 738. The Hall–Kier alpha value is -2.66. The van der Waals surface area contributed by atoms with Gasteiger partial charge in [-0.1, -0.05) is 12.1 Å². The summed E-state index contributed by atoms with van der Waals surface area (Å²) in [4.78, 5) is 9.29. The normalized spacial score (nSPS) is 18.7. The first-order valence-corrected chi connectivity index (χ1v) is 13.1. The van der Waals surface area contributed by atoms with E-state index in [0.717, 1.165) is 121 Å². The van der Waals surface area contributed by atoms with Crippen molar-refractivity contribution in [1.29, 1.82) is 0 Å². The Labute approximate surface area is 210 Å². The lowest BCUT2D eigenvalue weighted by Crippen LogP contribution is -2.29. The van der Waals surface area contributed by atoms with Crippen LogP contribution in [0.15, 0.2) is 36.4 Å². The maximum absolute atomic E-state index is 4.65. The number of anilines is 4. The minimum Gasteiger partial charge on any atom is -0.370 e. The van der Waals surface area contributed by atoms with Crippen LogP contribution in [0.2, 0.25) is 0 Å². The third-order valence-corrected chi connectivity index (χ3v) is 5.57. The Morgan fingerprint density at radius 1 is 0.371 bits per heavy atom. The van der Waals surface area contributed by atoms with Crippen LogP contribution in [0.25, 0.3) is 0 Å². The molecule has 10 heteroatoms. The van der Waals surface area contributed by atoms with Crippen molar-refractivity contribution in [2.24, 2.45) is 0 Å². The van der Waals surface area contributed by atoms with Crippen LogP contribution < -0.4 is 42.5 Å². The summed E-state index contributed by atoms with van der Waals surface area (Å²) in [5.41, 5.74) is 0. The van der Waals surface area contributed by atoms with E-state index in [-0.39, 0.29) is 0 Å². The van der Waals surface area contributed by atoms with Gasteiger partial charge in [-0.15, -0.1) is 0 Å². The number of rotatable bonds is 0. The van der Waals surface area contributed by atoms with Gasteiger partial charge in [0.25, 0.3) is 0 Å². The molecule has 0 fully saturated rings. The molecule has 0 spiro atoms. The van der Waals surface area contributed by atoms with Crippen LogP contribution in [0.4, 0.5) is 23.3 Å². The van der Waals surface area contributed by atoms with Gasteiger partial charge >= 0.3 is 0 Å². The number of hydrogen-bond donors (Lipinski definition) is 8. The molecule has 8 N–H and O–H groups in total. The Morgan fingerprint density at radius 3 is 1.09 bits per heavy atom. The molecule has 10 nitrogen and oxygen atoms in total. The molecule has 2 aromatic heterocycles. The van der Waals surface area contributed by atoms with Gasteiger partial charge in [-0.2, -0.15) is 0 Å². The standard InChI is InChI=1S/C25H44N10/c1-6-22-30-14-4-12-26-16-17-27-13-5-15-31-23-7-2-9-25(35-23)33-21-19-29-11-3-10-28-18-20-32-24(8-1)34-22/h1-2,6-9,26-29H,3-5,10-21H2,(H2,30,32,34)(H2,31,33,35). The van der Waals surface area contributed by atoms with Crippen LogP contribution in [0, 0.1) is 0 Å². The molecule has 2 aromatic rings. The summed E-state index contributed by atoms with van der Waals surface area (Å²) >= 11 is 0. The quantitative estimate of drug-likeness (QED) is 0.278. The van der Waals surface area contributed by atoms with E-state index in [9.17, 15) is 0 Å². The monoisotopic (exact) mass is 484 g/mol. The Kier molecular flexibility index (Phi) is 13.6. The molecule has 3 heterocycles. The zero-order valence-corrected chi connectivity index (χ0v) is 21.0. The molecule has 0 saturated heterocycles. The lowest BCUT2D eigenvalue weighted by molar-refractivity contribution is 0.595. The molecular formula is C25H44N10. The summed E-state index contributed by atoms with van der Waals surface area (Å²) in [7, 11) is 0. The zero-order valence-electron chi connectivity index (χ0n) is 21.0. The minimum absolute atomic E-state index is 0.854. The summed E-state index contributed by atoms with van der Waals surface area (Å²) in [6.07, 6.45) is 3.21. The second-order valence-corrected chi connectivity index (χ2v) is 8.58. The highest BCUT2D eigenvalue weighted by atomic mass is 15.1. The molecule has 4 bridgehead atoms. The summed E-state index contributed by atoms with van der Waals surface area (Å²) in [5.74, 6) is 3.66. The number of fused-ring (bicyclic) bond motifs is 4. The van der Waals surface area contributed by atoms with E-state index >= 15 is 0 Å². The lowest BCUT2D eigenvalue weighted by Gasteiger charge is -2.11. The molecule has 0 aromatic carbocycles. The first-order chi connectivity index (χ1) is 17.4. The maximum atomic E-state index is 4.65. The highest BCUT2D eigenvalue weighted by Crippen LogP contribution is 2.09. The molecule has 194 valence electrons. The molecule has 3 rings (SSSR count). The highest BCUT2D eigenvalue weighted by Gasteiger charge is 1.99. The fourth-order valence-electron chi connectivity index (χ4n) is 3.70. The van der Waals surface area contributed by atoms with Crippen LogP contribution in [0.5, 0.6) is 0 Å². The van der Waals surface area contributed by atoms with Gasteiger partial charge in [-0.3, -0.25) is 0 Å². The Morgan fingerprint density at radius 2 is 0.686 bits per heavy atom. The van der Waals surface area contributed by atoms with Gasteiger partial charge in [0, 0.05) is 52.4 Å². The fraction of sp³-hybridized carbons (Fsp3) is 0.600. The molecule has 0 amide bonds. The number of aromatic nitrogens is 2. The third kappa shape index (κ3) is 12.6. The summed E-state index contributed by atoms with van der Waals surface area (Å²) < 4.78 is 0. The van der Waals surface area contributed by atoms with E-state index in [1.807, 2.05) is 36.4 Å². The predicted molar refractivity (Wildman–Crippen MR) is 148 cm³/mol. The zero-order chi connectivity index (χ0) is 24.2. The van der Waals surface area contributed by atoms with Crippen molar-refractivity contribution in [3.8, 4) is 0 Å². The number of pyridine rings is 2. The van der Waals surface area contributed by atoms with Crippen molar-refractivity contribution < 1.29 is 0 Å². The number of nitrogens with zero attached hydrogens (tertiary/aromatic N) is 2. The molecule has 0 unspecified atom stereocenters. The average molecular weight is 485 g/mol. The van der Waals surface area contributed by atoms with Crippen LogP contribution in [-0.2, 0) is 0 Å². The van der Waals surface area contributed by atoms with Gasteiger partial charge in [0.1, 0.15) is 23.3 Å². The second-order valence-electron chi connectivity index (χ2n) is 8.58. The van der Waals surface area contributed by atoms with Crippen LogP contribution >= 0.6 is 0 Å². The van der Waals surface area contributed by atoms with E-state index in [1.54, 1.807) is 0 Å². The molecule has 1 aliphatic rings. The van der Waals surface area contributed by atoms with Crippen molar-refractivity contribution in [2.75, 3.05) is 99.8 Å². The second kappa shape index (κ2) is 17.7. The van der Waals surface area contributed by atoms with Gasteiger partial charge in [0.2, 0.25) is 0 Å². The SMILES string of the molecule is c1cc2nc(c1)NCCNCCCNCCNc1cccc(n1)NCCCNCCNCCCN2. The highest BCUT2D eigenvalue weighted by molar-refractivity contribution is 5.45. The Balaban J connectivity index is 1.38. The van der Waals surface area contributed by atoms with E-state index in [4.69, 9.17) is 0 Å². The molecule has 0 aliphatic carbocycles. The molecule has 0 saturated carbocycles. The third-order valence-electron chi connectivity index (χ3n) is 5.57. The van der Waals surface area contributed by atoms with Crippen LogP contribution in [0.1, 0.15) is 19.3 Å². The minimum atomic E-state index is 0.854. The first-order valence-electron chi connectivity index (χ1n) is 13.1. The molecule has 1 aliphatic heterocycles. The summed E-state index contributed by atoms with van der Waals surface area (Å²) in [6.45, 7) is 11.3. The van der Waals surface area contributed by atoms with Crippen molar-refractivity contribution >= 4 is 23.3 Å². The van der Waals surface area contributed by atoms with Gasteiger partial charge < -0.3 is 42.5 Å². The van der Waals surface area contributed by atoms with E-state index in [2.05, 4.69) is 52.5 Å². The largest absolute Gasteiger partial charge is 0.370 e. The summed E-state index contributed by atoms with van der Waals surface area (Å²) in [6, 6.07) is 12.1. The first kappa shape index (κ1) is 26.9. The number of hydrogen-bond acceptors (Lipinski definition) is 10. The van der Waals surface area contributed by atoms with Crippen molar-refractivity contribution in [1.82, 2.24) is 31.2 Å². The lowest BCUT2D eigenvalue weighted by atomic mass is 10.3. The van der Waals surface area contributed by atoms with Gasteiger partial charge in [0.05, 0.1) is 0 Å². The van der Waals surface area contributed by atoms with Crippen molar-refractivity contribution in [2.45, 2.75) is 19.3 Å². The van der Waals surface area contributed by atoms with E-state index in [0.29, 0.717) is 0 Å². The topological polar surface area (TPSA) is 122 Å². The summed E-state index contributed by atoms with van der Waals surface area (Å²) in [5, 5.41) is 27.6. The average Bonchev–Trinajstić information content (AvgIpc) is 2.88. The van der Waals surface area contributed by atoms with E-state index in [1.165, 1.54) is 0 Å². The molecule has 35 heavy (non-hydrogen) atoms. The van der Waals surface area contributed by atoms with Crippen molar-refractivity contribution in [3.63, 3.8) is 0 Å². The molecule has 0 atom stereocenters. The van der Waals surface area contributed by atoms with Crippen LogP contribution in [0.3, 0.4) is 0 Å². The smallest absolute Gasteiger partial charge is 0.128 e. The van der Waals surface area contributed by atoms with Crippen molar-refractivity contribution in [3.05, 3.63) is 36.4 Å². The molecular weight excluding hydrogens is 440 g/mol. The maximum Gasteiger partial charge on any atom is 0.128 e. The van der Waals surface area contributed by atoms with Gasteiger partial charge in [0.15, 0.2) is 0 Å². The number of nitrogens with one attached hydrogen (secondary N) is 8. The van der Waals surface area contributed by atoms with E-state index < -0.39 is 0 Å². The fourth-order valence-corrected chi connectivity index (χ4v) is 3.70. The predicted octanol–water partition coefficient (Wildman–Crippen LogP) is 1.37. The molecule has 0 radical (unpaired) electrons. The van der Waals surface area contributed by atoms with Crippen LogP contribution in [-0.4, -0.2) is 88.5 Å². The van der Waals surface area contributed by atoms with Gasteiger partial charge in [-0.05, 0) is 69.7 Å². The van der Waals surface area contributed by atoms with Gasteiger partial charge in [-0.25, -0.2) is 9.97 Å².